The summed E-state index contributed by atoms with van der Waals surface area (Å²) in [5, 5.41) is 0. The Labute approximate surface area is 172 Å². The fourth-order valence-electron chi connectivity index (χ4n) is 4.40. The van der Waals surface area contributed by atoms with Gasteiger partial charge in [-0.05, 0) is 30.0 Å². The zero-order valence-corrected chi connectivity index (χ0v) is 16.9. The molecule has 0 bridgehead atoms. The summed E-state index contributed by atoms with van der Waals surface area (Å²) >= 11 is 0. The average molecular weight is 386 g/mol. The van der Waals surface area contributed by atoms with Gasteiger partial charge in [-0.3, -0.25) is 4.79 Å². The van der Waals surface area contributed by atoms with Gasteiger partial charge in [0.2, 0.25) is 5.88 Å². The number of Topliss-reactive ketones (excluding diaryl/α,β-unsaturated/α-hetero) is 1. The van der Waals surface area contributed by atoms with Crippen LogP contribution in [-0.4, -0.2) is 17.9 Å². The van der Waals surface area contributed by atoms with Crippen molar-refractivity contribution in [3.05, 3.63) is 84.1 Å². The van der Waals surface area contributed by atoms with Crippen LogP contribution in [0.3, 0.4) is 0 Å². The van der Waals surface area contributed by atoms with E-state index >= 15 is 0 Å². The van der Waals surface area contributed by atoms with Gasteiger partial charge in [-0.15, -0.1) is 0 Å². The summed E-state index contributed by atoms with van der Waals surface area (Å²) in [4.78, 5) is 18.3. The van der Waals surface area contributed by atoms with E-state index in [2.05, 4.69) is 23.2 Å². The third-order valence-electron chi connectivity index (χ3n) is 5.92. The number of aromatic nitrogens is 1. The minimum absolute atomic E-state index is 0.110. The Morgan fingerprint density at radius 2 is 1.59 bits per heavy atom. The average Bonchev–Trinajstić information content (AvgIpc) is 2.81. The van der Waals surface area contributed by atoms with Gasteiger partial charge in [0.1, 0.15) is 5.78 Å². The van der Waals surface area contributed by atoms with Crippen molar-refractivity contribution in [3.63, 3.8) is 0 Å². The van der Waals surface area contributed by atoms with E-state index < -0.39 is 0 Å². The largest absolute Gasteiger partial charge is 0.481 e. The molecule has 1 heterocycles. The van der Waals surface area contributed by atoms with Crippen molar-refractivity contribution < 1.29 is 9.53 Å². The van der Waals surface area contributed by atoms with Crippen molar-refractivity contribution in [1.29, 1.82) is 0 Å². The Balaban J connectivity index is 1.82. The molecule has 0 radical (unpaired) electrons. The lowest BCUT2D eigenvalue weighted by molar-refractivity contribution is -0.124. The monoisotopic (exact) mass is 385 g/mol. The second kappa shape index (κ2) is 9.04. The molecule has 1 saturated carbocycles. The summed E-state index contributed by atoms with van der Waals surface area (Å²) in [7, 11) is 1.63. The van der Waals surface area contributed by atoms with Gasteiger partial charge >= 0.3 is 0 Å². The van der Waals surface area contributed by atoms with Crippen molar-refractivity contribution in [2.24, 2.45) is 5.92 Å². The van der Waals surface area contributed by atoms with E-state index in [9.17, 15) is 4.79 Å². The van der Waals surface area contributed by atoms with Crippen molar-refractivity contribution in [2.75, 3.05) is 7.11 Å². The molecule has 3 nitrogen and oxygen atoms in total. The molecule has 0 saturated heterocycles. The van der Waals surface area contributed by atoms with Crippen LogP contribution in [0.5, 0.6) is 5.88 Å². The number of hydrogen-bond donors (Lipinski definition) is 0. The van der Waals surface area contributed by atoms with Crippen molar-refractivity contribution in [1.82, 2.24) is 4.98 Å². The fraction of sp³-hybridized carbons (Fsp3) is 0.308. The third-order valence-corrected chi connectivity index (χ3v) is 5.92. The maximum atomic E-state index is 13.7. The van der Waals surface area contributed by atoms with Crippen LogP contribution in [0.15, 0.2) is 72.9 Å². The van der Waals surface area contributed by atoms with Crippen molar-refractivity contribution in [2.45, 2.75) is 38.0 Å². The first-order valence-corrected chi connectivity index (χ1v) is 10.5. The normalized spacial score (nSPS) is 15.6. The first kappa shape index (κ1) is 19.4. The first-order valence-electron chi connectivity index (χ1n) is 10.5. The van der Waals surface area contributed by atoms with E-state index in [-0.39, 0.29) is 11.8 Å². The molecular formula is C26H27NO2. The van der Waals surface area contributed by atoms with Gasteiger partial charge in [0, 0.05) is 23.2 Å². The summed E-state index contributed by atoms with van der Waals surface area (Å²) in [6.07, 6.45) is 7.29. The molecule has 0 aliphatic heterocycles. The number of nitrogens with zero attached hydrogens (tertiary/aromatic N) is 1. The molecule has 3 heteroatoms. The molecule has 148 valence electrons. The Bertz CT molecular complexity index is 947. The van der Waals surface area contributed by atoms with Crippen molar-refractivity contribution >= 4 is 5.78 Å². The number of rotatable bonds is 6. The van der Waals surface area contributed by atoms with Crippen LogP contribution in [0, 0.1) is 5.92 Å². The van der Waals surface area contributed by atoms with Gasteiger partial charge in [0.25, 0.3) is 0 Å². The summed E-state index contributed by atoms with van der Waals surface area (Å²) in [6, 6.07) is 22.3. The molecule has 1 atom stereocenters. The van der Waals surface area contributed by atoms with Crippen LogP contribution in [0.25, 0.3) is 11.1 Å². The Morgan fingerprint density at radius 3 is 2.24 bits per heavy atom. The van der Waals surface area contributed by atoms with Gasteiger partial charge in [-0.25, -0.2) is 4.98 Å². The molecule has 1 unspecified atom stereocenters. The van der Waals surface area contributed by atoms with Crippen LogP contribution in [-0.2, 0) is 4.79 Å². The number of benzene rings is 2. The van der Waals surface area contributed by atoms with E-state index in [0.717, 1.165) is 47.9 Å². The van der Waals surface area contributed by atoms with Gasteiger partial charge < -0.3 is 4.74 Å². The minimum Gasteiger partial charge on any atom is -0.481 e. The molecule has 1 aliphatic rings. The Hall–Kier alpha value is -2.94. The highest BCUT2D eigenvalue weighted by molar-refractivity contribution is 5.92. The van der Waals surface area contributed by atoms with E-state index in [0.29, 0.717) is 11.7 Å². The molecule has 0 N–H and O–H groups in total. The predicted octanol–water partition coefficient (Wildman–Crippen LogP) is 6.04. The van der Waals surface area contributed by atoms with Gasteiger partial charge in [0.05, 0.1) is 13.0 Å². The summed E-state index contributed by atoms with van der Waals surface area (Å²) < 4.78 is 5.61. The molecule has 1 aromatic heterocycles. The SMILES string of the molecule is COc1ncc(-c2ccccc2)cc1C(C(=O)C1CCCCC1)c1ccccc1. The molecule has 1 aliphatic carbocycles. The second-order valence-corrected chi connectivity index (χ2v) is 7.77. The Morgan fingerprint density at radius 1 is 0.931 bits per heavy atom. The molecule has 3 aromatic rings. The molecule has 29 heavy (non-hydrogen) atoms. The summed E-state index contributed by atoms with van der Waals surface area (Å²) in [6.45, 7) is 0. The number of ether oxygens (including phenoxy) is 1. The first-order chi connectivity index (χ1) is 14.3. The lowest BCUT2D eigenvalue weighted by atomic mass is 9.76. The van der Waals surface area contributed by atoms with Gasteiger partial charge in [0.15, 0.2) is 0 Å². The molecule has 0 spiro atoms. The van der Waals surface area contributed by atoms with Crippen LogP contribution in [0.4, 0.5) is 0 Å². The number of methoxy groups -OCH3 is 1. The number of pyridine rings is 1. The summed E-state index contributed by atoms with van der Waals surface area (Å²) in [5.74, 6) is 0.577. The number of carbonyl (C=O) groups excluding carboxylic acids is 1. The number of hydrogen-bond acceptors (Lipinski definition) is 3. The standard InChI is InChI=1S/C26H27NO2/c1-29-26-23(17-22(18-27-26)19-11-5-2-6-12-19)24(20-13-7-3-8-14-20)25(28)21-15-9-4-10-16-21/h2-3,5-8,11-14,17-18,21,24H,4,9-10,15-16H2,1H3. The maximum Gasteiger partial charge on any atom is 0.217 e. The van der Waals surface area contributed by atoms with E-state index in [4.69, 9.17) is 4.74 Å². The fourth-order valence-corrected chi connectivity index (χ4v) is 4.40. The minimum atomic E-state index is -0.356. The third kappa shape index (κ3) is 4.24. The van der Waals surface area contributed by atoms with Crippen molar-refractivity contribution in [3.8, 4) is 17.0 Å². The number of carbonyl (C=O) groups is 1. The quantitative estimate of drug-likeness (QED) is 0.519. The second-order valence-electron chi connectivity index (χ2n) is 7.77. The topological polar surface area (TPSA) is 39.2 Å². The highest BCUT2D eigenvalue weighted by Gasteiger charge is 2.33. The van der Waals surface area contributed by atoms with Gasteiger partial charge in [-0.1, -0.05) is 79.9 Å². The highest BCUT2D eigenvalue weighted by atomic mass is 16.5. The molecule has 1 fully saturated rings. The van der Waals surface area contributed by atoms with E-state index in [1.807, 2.05) is 54.7 Å². The summed E-state index contributed by atoms with van der Waals surface area (Å²) in [5.41, 5.74) is 3.95. The molecule has 0 amide bonds. The zero-order chi connectivity index (χ0) is 20.1. The van der Waals surface area contributed by atoms with Crippen LogP contribution in [0.2, 0.25) is 0 Å². The van der Waals surface area contributed by atoms with E-state index in [1.165, 1.54) is 6.42 Å². The van der Waals surface area contributed by atoms with Crippen LogP contribution >= 0.6 is 0 Å². The highest BCUT2D eigenvalue weighted by Crippen LogP contribution is 2.38. The van der Waals surface area contributed by atoms with Gasteiger partial charge in [-0.2, -0.15) is 0 Å². The molecular weight excluding hydrogens is 358 g/mol. The molecule has 2 aromatic carbocycles. The van der Waals surface area contributed by atoms with Crippen LogP contribution in [0.1, 0.15) is 49.1 Å². The lowest BCUT2D eigenvalue weighted by Crippen LogP contribution is -2.25. The molecule has 4 rings (SSSR count). The lowest BCUT2D eigenvalue weighted by Gasteiger charge is -2.27. The zero-order valence-electron chi connectivity index (χ0n) is 16.9. The smallest absolute Gasteiger partial charge is 0.217 e. The van der Waals surface area contributed by atoms with Crippen LogP contribution < -0.4 is 4.74 Å². The maximum absolute atomic E-state index is 13.7. The predicted molar refractivity (Wildman–Crippen MR) is 116 cm³/mol. The van der Waals surface area contributed by atoms with E-state index in [1.54, 1.807) is 7.11 Å². The Kier molecular flexibility index (Phi) is 6.04. The number of ketones is 1.